The Hall–Kier alpha value is -2.95. The Morgan fingerprint density at radius 3 is 2.55 bits per heavy atom. The molecule has 0 atom stereocenters. The third-order valence-corrected chi connectivity index (χ3v) is 2.42. The molecule has 0 radical (unpaired) electrons. The highest BCUT2D eigenvalue weighted by molar-refractivity contribution is 5.77. The quantitative estimate of drug-likeness (QED) is 0.884. The maximum absolute atomic E-state index is 12.4. The summed E-state index contributed by atoms with van der Waals surface area (Å²) in [4.78, 5) is 7.54. The molecule has 0 saturated carbocycles. The van der Waals surface area contributed by atoms with E-state index in [-0.39, 0.29) is 34.3 Å². The lowest BCUT2D eigenvalue weighted by atomic mass is 10.1. The molecule has 20 heavy (non-hydrogen) atoms. The molecule has 0 amide bonds. The van der Waals surface area contributed by atoms with Gasteiger partial charge in [-0.25, -0.2) is 4.98 Å². The minimum Gasteiger partial charge on any atom is -0.434 e. The molecule has 4 N–H and O–H groups in total. The van der Waals surface area contributed by atoms with Crippen LogP contribution in [0.2, 0.25) is 0 Å². The first-order valence-electron chi connectivity index (χ1n) is 5.40. The SMILES string of the molecule is N#Cc1c(N)nc(N)nc1-c1ccccc1OC(F)F. The molecule has 0 aliphatic rings. The van der Waals surface area contributed by atoms with Crippen LogP contribution in [0, 0.1) is 11.3 Å². The van der Waals surface area contributed by atoms with Gasteiger partial charge in [0, 0.05) is 5.56 Å². The van der Waals surface area contributed by atoms with Crippen molar-refractivity contribution < 1.29 is 13.5 Å². The number of anilines is 2. The van der Waals surface area contributed by atoms with Crippen LogP contribution in [0.15, 0.2) is 24.3 Å². The Morgan fingerprint density at radius 1 is 1.20 bits per heavy atom. The Bertz CT molecular complexity index is 684. The minimum atomic E-state index is -3.00. The fourth-order valence-corrected chi connectivity index (χ4v) is 1.66. The first-order chi connectivity index (χ1) is 9.52. The van der Waals surface area contributed by atoms with Crippen molar-refractivity contribution in [2.24, 2.45) is 0 Å². The average Bonchev–Trinajstić information content (AvgIpc) is 2.38. The van der Waals surface area contributed by atoms with Crippen LogP contribution >= 0.6 is 0 Å². The van der Waals surface area contributed by atoms with Crippen molar-refractivity contribution in [3.8, 4) is 23.1 Å². The molecule has 1 heterocycles. The van der Waals surface area contributed by atoms with Gasteiger partial charge >= 0.3 is 6.61 Å². The standard InChI is InChI=1S/C12H9F2N5O/c13-11(14)20-8-4-2-1-3-6(8)9-7(5-15)10(16)19-12(17)18-9/h1-4,11H,(H4,16,17,18,19). The number of hydrogen-bond acceptors (Lipinski definition) is 6. The number of hydrogen-bond donors (Lipinski definition) is 2. The Balaban J connectivity index is 2.66. The van der Waals surface area contributed by atoms with Gasteiger partial charge in [0.1, 0.15) is 23.2 Å². The molecule has 2 aromatic rings. The highest BCUT2D eigenvalue weighted by atomic mass is 19.3. The highest BCUT2D eigenvalue weighted by Gasteiger charge is 2.18. The van der Waals surface area contributed by atoms with Crippen LogP contribution in [0.5, 0.6) is 5.75 Å². The van der Waals surface area contributed by atoms with Crippen LogP contribution in [0.3, 0.4) is 0 Å². The van der Waals surface area contributed by atoms with E-state index in [1.165, 1.54) is 18.2 Å². The summed E-state index contributed by atoms with van der Waals surface area (Å²) in [5.41, 5.74) is 11.2. The maximum Gasteiger partial charge on any atom is 0.387 e. The largest absolute Gasteiger partial charge is 0.434 e. The number of aromatic nitrogens is 2. The number of ether oxygens (including phenoxy) is 1. The van der Waals surface area contributed by atoms with Gasteiger partial charge in [0.25, 0.3) is 0 Å². The highest BCUT2D eigenvalue weighted by Crippen LogP contribution is 2.33. The fourth-order valence-electron chi connectivity index (χ4n) is 1.66. The van der Waals surface area contributed by atoms with Gasteiger partial charge in [-0.1, -0.05) is 12.1 Å². The van der Waals surface area contributed by atoms with Crippen molar-refractivity contribution in [2.45, 2.75) is 6.61 Å². The summed E-state index contributed by atoms with van der Waals surface area (Å²) in [6.45, 7) is -3.00. The predicted octanol–water partition coefficient (Wildman–Crippen LogP) is 1.78. The topological polar surface area (TPSA) is 111 Å². The van der Waals surface area contributed by atoms with E-state index in [2.05, 4.69) is 14.7 Å². The Labute approximate surface area is 112 Å². The van der Waals surface area contributed by atoms with E-state index >= 15 is 0 Å². The summed E-state index contributed by atoms with van der Waals surface area (Å²) in [6, 6.07) is 7.73. The van der Waals surface area contributed by atoms with E-state index in [0.717, 1.165) is 0 Å². The van der Waals surface area contributed by atoms with Gasteiger partial charge in [0.2, 0.25) is 5.95 Å². The maximum atomic E-state index is 12.4. The molecule has 1 aromatic heterocycles. The average molecular weight is 277 g/mol. The lowest BCUT2D eigenvalue weighted by Gasteiger charge is -2.12. The monoisotopic (exact) mass is 277 g/mol. The zero-order valence-electron chi connectivity index (χ0n) is 10.0. The molecule has 6 nitrogen and oxygen atoms in total. The van der Waals surface area contributed by atoms with Gasteiger partial charge in [-0.2, -0.15) is 19.0 Å². The molecule has 1 aromatic carbocycles. The molecule has 0 aliphatic carbocycles. The fraction of sp³-hybridized carbons (Fsp3) is 0.0833. The molecule has 8 heteroatoms. The normalized spacial score (nSPS) is 10.3. The van der Waals surface area contributed by atoms with Gasteiger partial charge in [-0.15, -0.1) is 0 Å². The number of para-hydroxylation sites is 1. The minimum absolute atomic E-state index is 0.0498. The number of nitrogens with two attached hydrogens (primary N) is 2. The van der Waals surface area contributed by atoms with Gasteiger partial charge in [-0.3, -0.25) is 0 Å². The molecule has 0 unspecified atom stereocenters. The first-order valence-corrected chi connectivity index (χ1v) is 5.40. The number of benzene rings is 1. The van der Waals surface area contributed by atoms with Gasteiger partial charge in [-0.05, 0) is 12.1 Å². The van der Waals surface area contributed by atoms with Crippen molar-refractivity contribution in [3.05, 3.63) is 29.8 Å². The number of nitriles is 1. The van der Waals surface area contributed by atoms with Crippen molar-refractivity contribution in [1.29, 1.82) is 5.26 Å². The second kappa shape index (κ2) is 5.36. The summed E-state index contributed by atoms with van der Waals surface area (Å²) in [5, 5.41) is 9.08. The molecule has 0 saturated heterocycles. The number of nitrogen functional groups attached to an aromatic ring is 2. The number of rotatable bonds is 3. The summed E-state index contributed by atoms with van der Waals surface area (Å²) < 4.78 is 29.2. The third kappa shape index (κ3) is 2.56. The van der Waals surface area contributed by atoms with E-state index in [0.29, 0.717) is 0 Å². The zero-order valence-corrected chi connectivity index (χ0v) is 10.0. The van der Waals surface area contributed by atoms with Crippen LogP contribution in [0.4, 0.5) is 20.5 Å². The van der Waals surface area contributed by atoms with E-state index in [9.17, 15) is 8.78 Å². The number of alkyl halides is 2. The van der Waals surface area contributed by atoms with Crippen molar-refractivity contribution in [1.82, 2.24) is 9.97 Å². The summed E-state index contributed by atoms with van der Waals surface area (Å²) >= 11 is 0. The summed E-state index contributed by atoms with van der Waals surface area (Å²) in [6.07, 6.45) is 0. The van der Waals surface area contributed by atoms with Crippen LogP contribution in [-0.2, 0) is 0 Å². The summed E-state index contributed by atoms with van der Waals surface area (Å²) in [5.74, 6) is -0.415. The second-order valence-electron chi connectivity index (χ2n) is 3.68. The Morgan fingerprint density at radius 2 is 1.90 bits per heavy atom. The first kappa shape index (κ1) is 13.5. The Kier molecular flexibility index (Phi) is 3.61. The van der Waals surface area contributed by atoms with E-state index < -0.39 is 6.61 Å². The van der Waals surface area contributed by atoms with Crippen LogP contribution < -0.4 is 16.2 Å². The molecule has 2 rings (SSSR count). The zero-order chi connectivity index (χ0) is 14.7. The van der Waals surface area contributed by atoms with Crippen molar-refractivity contribution in [3.63, 3.8) is 0 Å². The lowest BCUT2D eigenvalue weighted by molar-refractivity contribution is -0.0494. The van der Waals surface area contributed by atoms with E-state index in [4.69, 9.17) is 16.7 Å². The van der Waals surface area contributed by atoms with Gasteiger partial charge < -0.3 is 16.2 Å². The van der Waals surface area contributed by atoms with Crippen molar-refractivity contribution in [2.75, 3.05) is 11.5 Å². The van der Waals surface area contributed by atoms with Crippen molar-refractivity contribution >= 4 is 11.8 Å². The third-order valence-electron chi connectivity index (χ3n) is 2.42. The molecule has 0 bridgehead atoms. The van der Waals surface area contributed by atoms with Gasteiger partial charge in [0.15, 0.2) is 0 Å². The predicted molar refractivity (Wildman–Crippen MR) is 67.6 cm³/mol. The molecular weight excluding hydrogens is 268 g/mol. The van der Waals surface area contributed by atoms with Crippen LogP contribution in [-0.4, -0.2) is 16.6 Å². The smallest absolute Gasteiger partial charge is 0.387 e. The van der Waals surface area contributed by atoms with E-state index in [1.807, 2.05) is 6.07 Å². The van der Waals surface area contributed by atoms with Crippen LogP contribution in [0.25, 0.3) is 11.3 Å². The number of nitrogens with zero attached hydrogens (tertiary/aromatic N) is 3. The summed E-state index contributed by atoms with van der Waals surface area (Å²) in [7, 11) is 0. The van der Waals surface area contributed by atoms with Gasteiger partial charge in [0.05, 0.1) is 5.69 Å². The second-order valence-corrected chi connectivity index (χ2v) is 3.68. The lowest BCUT2D eigenvalue weighted by Crippen LogP contribution is -2.07. The number of halogens is 2. The molecule has 102 valence electrons. The molecular formula is C12H9F2N5O. The molecule has 0 aliphatic heterocycles. The molecule has 0 fully saturated rings. The van der Waals surface area contributed by atoms with E-state index in [1.54, 1.807) is 6.07 Å². The van der Waals surface area contributed by atoms with Crippen LogP contribution in [0.1, 0.15) is 5.56 Å². The molecule has 0 spiro atoms.